The van der Waals surface area contributed by atoms with Crippen LogP contribution in [0.1, 0.15) is 37.6 Å². The van der Waals surface area contributed by atoms with E-state index in [0.717, 1.165) is 29.3 Å². The van der Waals surface area contributed by atoms with Gasteiger partial charge in [0.15, 0.2) is 0 Å². The molecule has 1 aromatic heterocycles. The number of rotatable bonds is 5. The third kappa shape index (κ3) is 3.49. The van der Waals surface area contributed by atoms with Crippen LogP contribution in [0.5, 0.6) is 0 Å². The second-order valence-corrected chi connectivity index (χ2v) is 5.54. The molecule has 1 heterocycles. The van der Waals surface area contributed by atoms with Crippen LogP contribution >= 0.6 is 27.5 Å². The van der Waals surface area contributed by atoms with Gasteiger partial charge in [0.25, 0.3) is 0 Å². The molecule has 1 rings (SSSR count). The first-order valence-electron chi connectivity index (χ1n) is 5.38. The summed E-state index contributed by atoms with van der Waals surface area (Å²) in [4.78, 5) is 0.630. The van der Waals surface area contributed by atoms with Gasteiger partial charge in [0.1, 0.15) is 0 Å². The molecule has 0 aliphatic heterocycles. The molecular weight excluding hydrogens is 275 g/mol. The first-order chi connectivity index (χ1) is 7.06. The Morgan fingerprint density at radius 3 is 2.67 bits per heavy atom. The van der Waals surface area contributed by atoms with E-state index in [2.05, 4.69) is 28.0 Å². The Morgan fingerprint density at radius 1 is 1.53 bits per heavy atom. The molecule has 0 spiro atoms. The molecule has 1 atom stereocenters. The highest BCUT2D eigenvalue weighted by molar-refractivity contribution is 9.09. The van der Waals surface area contributed by atoms with Crippen LogP contribution in [0, 0.1) is 6.92 Å². The highest BCUT2D eigenvalue weighted by Crippen LogP contribution is 2.22. The van der Waals surface area contributed by atoms with Gasteiger partial charge in [-0.05, 0) is 32.6 Å². The van der Waals surface area contributed by atoms with Crippen LogP contribution in [0.3, 0.4) is 0 Å². The first kappa shape index (κ1) is 13.0. The van der Waals surface area contributed by atoms with E-state index in [0.29, 0.717) is 4.83 Å². The minimum Gasteiger partial charge on any atom is -0.271 e. The van der Waals surface area contributed by atoms with Crippen LogP contribution in [0.25, 0.3) is 0 Å². The van der Waals surface area contributed by atoms with Crippen LogP contribution in [0.2, 0.25) is 5.02 Å². The van der Waals surface area contributed by atoms with Crippen molar-refractivity contribution < 1.29 is 0 Å². The second-order valence-electron chi connectivity index (χ2n) is 3.87. The van der Waals surface area contributed by atoms with Crippen molar-refractivity contribution >= 4 is 27.5 Å². The summed E-state index contributed by atoms with van der Waals surface area (Å²) < 4.78 is 1.90. The molecule has 0 fully saturated rings. The van der Waals surface area contributed by atoms with Crippen molar-refractivity contribution in [3.05, 3.63) is 16.4 Å². The van der Waals surface area contributed by atoms with Crippen LogP contribution in [-0.4, -0.2) is 14.6 Å². The lowest BCUT2D eigenvalue weighted by molar-refractivity contribution is 0.641. The van der Waals surface area contributed by atoms with Gasteiger partial charge in [0.2, 0.25) is 0 Å². The van der Waals surface area contributed by atoms with E-state index < -0.39 is 0 Å². The number of halogens is 2. The highest BCUT2D eigenvalue weighted by Gasteiger charge is 2.11. The van der Waals surface area contributed by atoms with Gasteiger partial charge in [0.05, 0.1) is 16.4 Å². The van der Waals surface area contributed by atoms with Gasteiger partial charge < -0.3 is 0 Å². The van der Waals surface area contributed by atoms with Crippen molar-refractivity contribution in [1.82, 2.24) is 9.78 Å². The number of aromatic nitrogens is 2. The SMILES string of the molecule is CCC(Br)CCCc1c(Cl)c(C)nn1C. The smallest absolute Gasteiger partial charge is 0.0846 e. The maximum absolute atomic E-state index is 6.17. The molecule has 4 heteroatoms. The van der Waals surface area contributed by atoms with Crippen molar-refractivity contribution in [3.8, 4) is 0 Å². The number of hydrogen-bond acceptors (Lipinski definition) is 1. The Balaban J connectivity index is 2.50. The molecule has 15 heavy (non-hydrogen) atoms. The van der Waals surface area contributed by atoms with E-state index >= 15 is 0 Å². The molecule has 0 saturated carbocycles. The maximum Gasteiger partial charge on any atom is 0.0846 e. The minimum absolute atomic E-state index is 0.630. The van der Waals surface area contributed by atoms with Crippen LogP contribution < -0.4 is 0 Å². The van der Waals surface area contributed by atoms with Crippen LogP contribution in [-0.2, 0) is 13.5 Å². The number of alkyl halides is 1. The van der Waals surface area contributed by atoms with Gasteiger partial charge in [-0.25, -0.2) is 0 Å². The van der Waals surface area contributed by atoms with Gasteiger partial charge >= 0.3 is 0 Å². The Kier molecular flexibility index (Phi) is 5.13. The maximum atomic E-state index is 6.17. The summed E-state index contributed by atoms with van der Waals surface area (Å²) in [5.74, 6) is 0. The minimum atomic E-state index is 0.630. The van der Waals surface area contributed by atoms with Crippen molar-refractivity contribution in [1.29, 1.82) is 0 Å². The van der Waals surface area contributed by atoms with E-state index in [-0.39, 0.29) is 0 Å². The second kappa shape index (κ2) is 5.90. The summed E-state index contributed by atoms with van der Waals surface area (Å²) in [6, 6.07) is 0. The Hall–Kier alpha value is -0.0200. The normalized spacial score (nSPS) is 13.1. The average Bonchev–Trinajstić information content (AvgIpc) is 2.44. The first-order valence-corrected chi connectivity index (χ1v) is 6.67. The van der Waals surface area contributed by atoms with Gasteiger partial charge in [-0.2, -0.15) is 5.10 Å². The third-order valence-electron chi connectivity index (χ3n) is 2.64. The molecular formula is C11H18BrClN2. The Labute approximate surface area is 105 Å². The van der Waals surface area contributed by atoms with Crippen LogP contribution in [0.4, 0.5) is 0 Å². The lowest BCUT2D eigenvalue weighted by atomic mass is 10.1. The van der Waals surface area contributed by atoms with Crippen molar-refractivity contribution in [3.63, 3.8) is 0 Å². The fourth-order valence-electron chi connectivity index (χ4n) is 1.65. The molecule has 2 nitrogen and oxygen atoms in total. The molecule has 1 unspecified atom stereocenters. The lowest BCUT2D eigenvalue weighted by Crippen LogP contribution is -2.01. The quantitative estimate of drug-likeness (QED) is 0.753. The fourth-order valence-corrected chi connectivity index (χ4v) is 2.23. The molecule has 0 aliphatic rings. The zero-order chi connectivity index (χ0) is 11.4. The largest absolute Gasteiger partial charge is 0.271 e. The van der Waals surface area contributed by atoms with E-state index in [4.69, 9.17) is 11.6 Å². The van der Waals surface area contributed by atoms with Crippen molar-refractivity contribution in [2.45, 2.75) is 44.4 Å². The molecule has 0 bridgehead atoms. The third-order valence-corrected chi connectivity index (χ3v) is 4.23. The summed E-state index contributed by atoms with van der Waals surface area (Å²) >= 11 is 9.81. The molecule has 0 amide bonds. The highest BCUT2D eigenvalue weighted by atomic mass is 79.9. The van der Waals surface area contributed by atoms with Gasteiger partial charge in [-0.1, -0.05) is 34.5 Å². The lowest BCUT2D eigenvalue weighted by Gasteiger charge is -2.06. The van der Waals surface area contributed by atoms with Crippen molar-refractivity contribution in [2.75, 3.05) is 0 Å². The topological polar surface area (TPSA) is 17.8 Å². The molecule has 0 radical (unpaired) electrons. The monoisotopic (exact) mass is 292 g/mol. The van der Waals surface area contributed by atoms with E-state index in [1.165, 1.54) is 12.8 Å². The van der Waals surface area contributed by atoms with Gasteiger partial charge in [0, 0.05) is 11.9 Å². The zero-order valence-corrected chi connectivity index (χ0v) is 11.9. The van der Waals surface area contributed by atoms with Gasteiger partial charge in [-0.15, -0.1) is 0 Å². The standard InChI is InChI=1S/C11H18BrClN2/c1-4-9(12)6-5-7-10-11(13)8(2)14-15(10)3/h9H,4-7H2,1-3H3. The average molecular weight is 294 g/mol. The van der Waals surface area contributed by atoms with E-state index in [9.17, 15) is 0 Å². The van der Waals surface area contributed by atoms with Gasteiger partial charge in [-0.3, -0.25) is 4.68 Å². The van der Waals surface area contributed by atoms with E-state index in [1.807, 2.05) is 18.7 Å². The fraction of sp³-hybridized carbons (Fsp3) is 0.727. The van der Waals surface area contributed by atoms with E-state index in [1.54, 1.807) is 0 Å². The molecule has 86 valence electrons. The van der Waals surface area contributed by atoms with Crippen molar-refractivity contribution in [2.24, 2.45) is 7.05 Å². The zero-order valence-electron chi connectivity index (χ0n) is 9.56. The predicted octanol–water partition coefficient (Wildman–Crippen LogP) is 3.88. The molecule has 0 N–H and O–H groups in total. The summed E-state index contributed by atoms with van der Waals surface area (Å²) in [6.45, 7) is 4.14. The number of hydrogen-bond donors (Lipinski definition) is 0. The number of nitrogens with zero attached hydrogens (tertiary/aromatic N) is 2. The predicted molar refractivity (Wildman–Crippen MR) is 68.9 cm³/mol. The summed E-state index contributed by atoms with van der Waals surface area (Å²) in [7, 11) is 1.96. The molecule has 1 aromatic rings. The summed E-state index contributed by atoms with van der Waals surface area (Å²) in [6.07, 6.45) is 4.54. The molecule has 0 aliphatic carbocycles. The summed E-state index contributed by atoms with van der Waals surface area (Å²) in [5, 5.41) is 5.13. The molecule has 0 saturated heterocycles. The summed E-state index contributed by atoms with van der Waals surface area (Å²) in [5.41, 5.74) is 2.09. The Morgan fingerprint density at radius 2 is 2.20 bits per heavy atom. The molecule has 0 aromatic carbocycles. The van der Waals surface area contributed by atoms with Crippen LogP contribution in [0.15, 0.2) is 0 Å². The number of aryl methyl sites for hydroxylation is 2. The Bertz CT molecular complexity index is 323.